The summed E-state index contributed by atoms with van der Waals surface area (Å²) < 4.78 is 0. The first-order valence-electron chi connectivity index (χ1n) is 13.2. The highest BCUT2D eigenvalue weighted by Gasteiger charge is 2.62. The Balaban J connectivity index is 1.56. The van der Waals surface area contributed by atoms with Crippen LogP contribution in [0.25, 0.3) is 0 Å². The standard InChI is InChI=1S/C28H48O2/c1-19(2)7-6-8-20(3)23-9-10-24-22-12-16-28(18-29)17-21(30)11-15-27(28,5)25(22)13-14-26(23,24)4/h12,19-21,23-25,29-30H,6-11,13-18H2,1-5H3/t20-,21+,23-,24+,25+,26-,27-,28-/m1/s1. The predicted molar refractivity (Wildman–Crippen MR) is 125 cm³/mol. The van der Waals surface area contributed by atoms with Crippen molar-refractivity contribution >= 4 is 0 Å². The third-order valence-corrected chi connectivity index (χ3v) is 10.9. The maximum Gasteiger partial charge on any atom is 0.0547 e. The van der Waals surface area contributed by atoms with Gasteiger partial charge in [0.2, 0.25) is 0 Å². The van der Waals surface area contributed by atoms with Gasteiger partial charge >= 0.3 is 0 Å². The molecule has 4 aliphatic carbocycles. The number of rotatable bonds is 6. The lowest BCUT2D eigenvalue weighted by Crippen LogP contribution is -2.57. The molecular weight excluding hydrogens is 368 g/mol. The average molecular weight is 417 g/mol. The van der Waals surface area contributed by atoms with Gasteiger partial charge < -0.3 is 10.2 Å². The highest BCUT2D eigenvalue weighted by atomic mass is 16.3. The van der Waals surface area contributed by atoms with Crippen LogP contribution in [0.3, 0.4) is 0 Å². The lowest BCUT2D eigenvalue weighted by molar-refractivity contribution is -0.129. The van der Waals surface area contributed by atoms with Crippen LogP contribution in [0.4, 0.5) is 0 Å². The molecule has 172 valence electrons. The molecule has 2 N–H and O–H groups in total. The van der Waals surface area contributed by atoms with Gasteiger partial charge in [-0.2, -0.15) is 0 Å². The summed E-state index contributed by atoms with van der Waals surface area (Å²) in [7, 11) is 0. The van der Waals surface area contributed by atoms with Gasteiger partial charge in [0, 0.05) is 12.0 Å². The summed E-state index contributed by atoms with van der Waals surface area (Å²) in [6.07, 6.45) is 15.7. The minimum atomic E-state index is -0.225. The summed E-state index contributed by atoms with van der Waals surface area (Å²) >= 11 is 0. The number of allylic oxidation sites excluding steroid dienone is 2. The van der Waals surface area contributed by atoms with Crippen molar-refractivity contribution in [2.24, 2.45) is 45.8 Å². The van der Waals surface area contributed by atoms with Gasteiger partial charge in [-0.1, -0.05) is 65.5 Å². The number of fused-ring (bicyclic) bond motifs is 5. The summed E-state index contributed by atoms with van der Waals surface area (Å²) in [4.78, 5) is 0. The van der Waals surface area contributed by atoms with Crippen LogP contribution in [0.15, 0.2) is 11.6 Å². The van der Waals surface area contributed by atoms with E-state index in [0.29, 0.717) is 11.3 Å². The van der Waals surface area contributed by atoms with E-state index in [2.05, 4.69) is 40.7 Å². The second kappa shape index (κ2) is 8.22. The van der Waals surface area contributed by atoms with E-state index < -0.39 is 0 Å². The second-order valence-electron chi connectivity index (χ2n) is 12.8. The van der Waals surface area contributed by atoms with Gasteiger partial charge in [-0.25, -0.2) is 0 Å². The largest absolute Gasteiger partial charge is 0.396 e. The molecule has 4 aliphatic rings. The first-order chi connectivity index (χ1) is 14.2. The van der Waals surface area contributed by atoms with Crippen LogP contribution in [0.5, 0.6) is 0 Å². The molecule has 0 heterocycles. The third kappa shape index (κ3) is 3.43. The molecule has 0 bridgehead atoms. The van der Waals surface area contributed by atoms with Crippen molar-refractivity contribution in [3.63, 3.8) is 0 Å². The molecule has 8 atom stereocenters. The molecule has 0 aromatic carbocycles. The van der Waals surface area contributed by atoms with E-state index in [4.69, 9.17) is 0 Å². The Morgan fingerprint density at radius 1 is 1.00 bits per heavy atom. The Morgan fingerprint density at radius 3 is 2.47 bits per heavy atom. The van der Waals surface area contributed by atoms with Crippen LogP contribution < -0.4 is 0 Å². The van der Waals surface area contributed by atoms with Crippen molar-refractivity contribution in [1.82, 2.24) is 0 Å². The van der Waals surface area contributed by atoms with Gasteiger partial charge in [-0.3, -0.25) is 0 Å². The Morgan fingerprint density at radius 2 is 1.77 bits per heavy atom. The first kappa shape index (κ1) is 22.8. The molecule has 0 saturated heterocycles. The number of aliphatic hydroxyl groups excluding tert-OH is 2. The molecule has 0 unspecified atom stereocenters. The monoisotopic (exact) mass is 416 g/mol. The highest BCUT2D eigenvalue weighted by Crippen LogP contribution is 2.69. The fraction of sp³-hybridized carbons (Fsp3) is 0.929. The molecule has 0 radical (unpaired) electrons. The van der Waals surface area contributed by atoms with Crippen LogP contribution in [-0.4, -0.2) is 22.9 Å². The summed E-state index contributed by atoms with van der Waals surface area (Å²) in [5.74, 6) is 3.93. The zero-order valence-corrected chi connectivity index (χ0v) is 20.4. The van der Waals surface area contributed by atoms with Gasteiger partial charge in [0.05, 0.1) is 6.10 Å². The molecule has 2 nitrogen and oxygen atoms in total. The zero-order chi connectivity index (χ0) is 21.7. The summed E-state index contributed by atoms with van der Waals surface area (Å²) in [6, 6.07) is 0. The quantitative estimate of drug-likeness (QED) is 0.470. The number of hydrogen-bond donors (Lipinski definition) is 2. The predicted octanol–water partition coefficient (Wildman–Crippen LogP) is 6.75. The highest BCUT2D eigenvalue weighted by molar-refractivity contribution is 5.30. The molecule has 3 fully saturated rings. The van der Waals surface area contributed by atoms with Crippen molar-refractivity contribution in [2.75, 3.05) is 6.61 Å². The lowest BCUT2D eigenvalue weighted by atomic mass is 9.42. The fourth-order valence-corrected chi connectivity index (χ4v) is 8.99. The average Bonchev–Trinajstić information content (AvgIpc) is 3.05. The van der Waals surface area contributed by atoms with Crippen molar-refractivity contribution < 1.29 is 10.2 Å². The van der Waals surface area contributed by atoms with Gasteiger partial charge in [0.25, 0.3) is 0 Å². The van der Waals surface area contributed by atoms with Gasteiger partial charge in [0.15, 0.2) is 0 Å². The SMILES string of the molecule is CC(C)CCC[C@@H](C)[C@H]1CC[C@H]2C3=CC[C@]4(CO)C[C@@H](O)CC[C@]4(C)[C@H]3CC[C@]12C. The summed E-state index contributed by atoms with van der Waals surface area (Å²) in [6.45, 7) is 12.6. The third-order valence-electron chi connectivity index (χ3n) is 10.9. The number of hydrogen-bond acceptors (Lipinski definition) is 2. The molecule has 0 amide bonds. The molecule has 0 aromatic rings. The van der Waals surface area contributed by atoms with E-state index in [9.17, 15) is 10.2 Å². The van der Waals surface area contributed by atoms with Crippen molar-refractivity contribution in [3.8, 4) is 0 Å². The molecule has 0 aliphatic heterocycles. The van der Waals surface area contributed by atoms with E-state index in [1.807, 2.05) is 0 Å². The van der Waals surface area contributed by atoms with Crippen molar-refractivity contribution in [3.05, 3.63) is 11.6 Å². The molecule has 0 aromatic heterocycles. The van der Waals surface area contributed by atoms with Crippen molar-refractivity contribution in [2.45, 2.75) is 111 Å². The zero-order valence-electron chi connectivity index (χ0n) is 20.4. The van der Waals surface area contributed by atoms with Gasteiger partial charge in [0.1, 0.15) is 0 Å². The van der Waals surface area contributed by atoms with E-state index in [-0.39, 0.29) is 23.5 Å². The Hall–Kier alpha value is -0.340. The number of aliphatic hydroxyl groups is 2. The summed E-state index contributed by atoms with van der Waals surface area (Å²) in [5, 5.41) is 20.9. The molecule has 3 saturated carbocycles. The lowest BCUT2D eigenvalue weighted by Gasteiger charge is -2.62. The van der Waals surface area contributed by atoms with Crippen molar-refractivity contribution in [1.29, 1.82) is 0 Å². The topological polar surface area (TPSA) is 40.5 Å². The van der Waals surface area contributed by atoms with Crippen LogP contribution >= 0.6 is 0 Å². The van der Waals surface area contributed by atoms with Gasteiger partial charge in [-0.05, 0) is 91.8 Å². The first-order valence-corrected chi connectivity index (χ1v) is 13.2. The van der Waals surface area contributed by atoms with Crippen LogP contribution in [-0.2, 0) is 0 Å². The Bertz CT molecular complexity index is 653. The summed E-state index contributed by atoms with van der Waals surface area (Å²) in [5.41, 5.74) is 2.30. The second-order valence-corrected chi connectivity index (χ2v) is 12.8. The van der Waals surface area contributed by atoms with Crippen LogP contribution in [0.2, 0.25) is 0 Å². The normalized spacial score (nSPS) is 46.7. The van der Waals surface area contributed by atoms with Crippen LogP contribution in [0.1, 0.15) is 105 Å². The van der Waals surface area contributed by atoms with Crippen LogP contribution in [0, 0.1) is 45.8 Å². The fourth-order valence-electron chi connectivity index (χ4n) is 8.99. The van der Waals surface area contributed by atoms with E-state index >= 15 is 0 Å². The van der Waals surface area contributed by atoms with E-state index in [1.165, 1.54) is 44.9 Å². The van der Waals surface area contributed by atoms with Gasteiger partial charge in [-0.15, -0.1) is 0 Å². The minimum absolute atomic E-state index is 0.102. The minimum Gasteiger partial charge on any atom is -0.396 e. The molecule has 4 rings (SSSR count). The van der Waals surface area contributed by atoms with E-state index in [1.54, 1.807) is 5.57 Å². The maximum absolute atomic E-state index is 10.5. The molecule has 30 heavy (non-hydrogen) atoms. The molecule has 2 heteroatoms. The Kier molecular flexibility index (Phi) is 6.26. The Labute approximate surface area is 185 Å². The molecular formula is C28H48O2. The maximum atomic E-state index is 10.5. The smallest absolute Gasteiger partial charge is 0.0547 e. The van der Waals surface area contributed by atoms with E-state index in [0.717, 1.165) is 49.4 Å². The molecule has 0 spiro atoms.